The molecule has 2 heterocycles. The summed E-state index contributed by atoms with van der Waals surface area (Å²) in [5.74, 6) is 0.390. The SMILES string of the molecule is COc1ccc(CNC(=O)Cc2csc(-c3cnn(C(C)(C)C)c3-c3ccc(F)cc3)n2)cc1. The maximum absolute atomic E-state index is 13.5. The van der Waals surface area contributed by atoms with E-state index in [9.17, 15) is 9.18 Å². The van der Waals surface area contributed by atoms with Crippen molar-refractivity contribution in [3.8, 4) is 27.6 Å². The summed E-state index contributed by atoms with van der Waals surface area (Å²) in [5.41, 5.74) is 4.00. The first kappa shape index (κ1) is 23.6. The van der Waals surface area contributed by atoms with Gasteiger partial charge >= 0.3 is 0 Å². The first-order valence-corrected chi connectivity index (χ1v) is 11.8. The van der Waals surface area contributed by atoms with Crippen LogP contribution in [0.15, 0.2) is 60.1 Å². The summed E-state index contributed by atoms with van der Waals surface area (Å²) in [6.07, 6.45) is 1.97. The van der Waals surface area contributed by atoms with Gasteiger partial charge in [0.05, 0.1) is 42.2 Å². The summed E-state index contributed by atoms with van der Waals surface area (Å²) in [6, 6.07) is 14.0. The molecule has 2 aromatic heterocycles. The van der Waals surface area contributed by atoms with Crippen LogP contribution in [0.1, 0.15) is 32.0 Å². The van der Waals surface area contributed by atoms with E-state index < -0.39 is 0 Å². The summed E-state index contributed by atoms with van der Waals surface area (Å²) < 4.78 is 20.6. The molecule has 0 unspecified atom stereocenters. The van der Waals surface area contributed by atoms with Gasteiger partial charge in [0.15, 0.2) is 0 Å². The Hall–Kier alpha value is -3.52. The van der Waals surface area contributed by atoms with Crippen molar-refractivity contribution in [1.29, 1.82) is 0 Å². The second-order valence-electron chi connectivity index (χ2n) is 8.94. The van der Waals surface area contributed by atoms with Crippen LogP contribution in [0, 0.1) is 5.82 Å². The maximum Gasteiger partial charge on any atom is 0.226 e. The molecule has 0 fully saturated rings. The van der Waals surface area contributed by atoms with Gasteiger partial charge in [-0.05, 0) is 62.7 Å². The fourth-order valence-electron chi connectivity index (χ4n) is 3.58. The molecule has 4 rings (SSSR count). The molecule has 0 radical (unpaired) electrons. The first-order chi connectivity index (χ1) is 16.2. The van der Waals surface area contributed by atoms with Gasteiger partial charge in [0.1, 0.15) is 16.6 Å². The molecule has 0 saturated heterocycles. The number of aromatic nitrogens is 3. The number of hydrogen-bond acceptors (Lipinski definition) is 5. The van der Waals surface area contributed by atoms with Gasteiger partial charge in [0.25, 0.3) is 0 Å². The highest BCUT2D eigenvalue weighted by molar-refractivity contribution is 7.13. The van der Waals surface area contributed by atoms with Crippen LogP contribution in [0.3, 0.4) is 0 Å². The van der Waals surface area contributed by atoms with Gasteiger partial charge in [0.2, 0.25) is 5.91 Å². The van der Waals surface area contributed by atoms with Gasteiger partial charge in [-0.3, -0.25) is 9.48 Å². The standard InChI is InChI=1S/C26H27FN4O2S/c1-26(2,3)31-24(18-7-9-19(27)10-8-18)22(15-29-31)25-30-20(16-34-25)13-23(32)28-14-17-5-11-21(33-4)12-6-17/h5-12,15-16H,13-14H2,1-4H3,(H,28,32). The molecule has 0 aliphatic rings. The van der Waals surface area contributed by atoms with Gasteiger partial charge in [-0.15, -0.1) is 11.3 Å². The van der Waals surface area contributed by atoms with Crippen molar-refractivity contribution in [2.45, 2.75) is 39.3 Å². The number of ether oxygens (including phenoxy) is 1. The number of rotatable bonds is 7. The molecule has 0 aliphatic carbocycles. The molecular weight excluding hydrogens is 451 g/mol. The Bertz CT molecular complexity index is 1270. The summed E-state index contributed by atoms with van der Waals surface area (Å²) in [4.78, 5) is 17.2. The van der Waals surface area contributed by atoms with E-state index in [0.717, 1.165) is 33.1 Å². The molecule has 0 saturated carbocycles. The van der Waals surface area contributed by atoms with Crippen molar-refractivity contribution in [3.63, 3.8) is 0 Å². The van der Waals surface area contributed by atoms with Gasteiger partial charge in [-0.2, -0.15) is 5.10 Å². The molecule has 176 valence electrons. The normalized spacial score (nSPS) is 11.4. The molecule has 0 spiro atoms. The topological polar surface area (TPSA) is 69.0 Å². The lowest BCUT2D eigenvalue weighted by Gasteiger charge is -2.23. The average Bonchev–Trinajstić information content (AvgIpc) is 3.45. The number of benzene rings is 2. The molecule has 34 heavy (non-hydrogen) atoms. The predicted octanol–water partition coefficient (Wildman–Crippen LogP) is 5.44. The van der Waals surface area contributed by atoms with Crippen molar-refractivity contribution < 1.29 is 13.9 Å². The average molecular weight is 479 g/mol. The van der Waals surface area contributed by atoms with Crippen LogP contribution in [0.5, 0.6) is 5.75 Å². The quantitative estimate of drug-likeness (QED) is 0.384. The Balaban J connectivity index is 1.51. The molecule has 2 aromatic carbocycles. The van der Waals surface area contributed by atoms with Crippen LogP contribution in [-0.2, 0) is 23.3 Å². The zero-order valence-electron chi connectivity index (χ0n) is 19.6. The second-order valence-corrected chi connectivity index (χ2v) is 9.80. The van der Waals surface area contributed by atoms with Crippen LogP contribution in [0.2, 0.25) is 0 Å². The number of carbonyl (C=O) groups is 1. The van der Waals surface area contributed by atoms with E-state index in [1.165, 1.54) is 23.5 Å². The third-order valence-corrected chi connectivity index (χ3v) is 6.22. The molecule has 0 bridgehead atoms. The van der Waals surface area contributed by atoms with Gasteiger partial charge in [0, 0.05) is 17.5 Å². The molecule has 8 heteroatoms. The van der Waals surface area contributed by atoms with E-state index in [-0.39, 0.29) is 23.7 Å². The smallest absolute Gasteiger partial charge is 0.226 e. The van der Waals surface area contributed by atoms with Crippen LogP contribution in [-0.4, -0.2) is 27.8 Å². The number of hydrogen-bond donors (Lipinski definition) is 1. The Labute approximate surface area is 202 Å². The molecule has 1 N–H and O–H groups in total. The van der Waals surface area contributed by atoms with Crippen molar-refractivity contribution in [2.75, 3.05) is 7.11 Å². The van der Waals surface area contributed by atoms with E-state index >= 15 is 0 Å². The van der Waals surface area contributed by atoms with Crippen LogP contribution in [0.25, 0.3) is 21.8 Å². The maximum atomic E-state index is 13.5. The fourth-order valence-corrected chi connectivity index (χ4v) is 4.41. The lowest BCUT2D eigenvalue weighted by molar-refractivity contribution is -0.120. The van der Waals surface area contributed by atoms with E-state index in [1.807, 2.05) is 34.3 Å². The molecule has 0 aliphatic heterocycles. The zero-order chi connectivity index (χ0) is 24.3. The van der Waals surface area contributed by atoms with Gasteiger partial charge in [-0.1, -0.05) is 12.1 Å². The monoisotopic (exact) mass is 478 g/mol. The predicted molar refractivity (Wildman–Crippen MR) is 132 cm³/mol. The number of amides is 1. The fraction of sp³-hybridized carbons (Fsp3) is 0.269. The lowest BCUT2D eigenvalue weighted by atomic mass is 10.0. The number of nitrogens with one attached hydrogen (secondary N) is 1. The second kappa shape index (κ2) is 9.77. The number of carbonyl (C=O) groups excluding carboxylic acids is 1. The molecule has 6 nitrogen and oxygen atoms in total. The molecular formula is C26H27FN4O2S. The van der Waals surface area contributed by atoms with E-state index in [0.29, 0.717) is 12.2 Å². The number of nitrogens with zero attached hydrogens (tertiary/aromatic N) is 3. The molecule has 1 amide bonds. The van der Waals surface area contributed by atoms with Crippen LogP contribution < -0.4 is 10.1 Å². The van der Waals surface area contributed by atoms with Crippen molar-refractivity contribution in [3.05, 3.63) is 77.2 Å². The van der Waals surface area contributed by atoms with Crippen molar-refractivity contribution in [1.82, 2.24) is 20.1 Å². The Morgan fingerprint density at radius 1 is 1.12 bits per heavy atom. The van der Waals surface area contributed by atoms with E-state index in [4.69, 9.17) is 9.72 Å². The van der Waals surface area contributed by atoms with Crippen LogP contribution in [0.4, 0.5) is 4.39 Å². The third kappa shape index (κ3) is 5.34. The Morgan fingerprint density at radius 2 is 1.82 bits per heavy atom. The minimum absolute atomic E-state index is 0.100. The number of methoxy groups -OCH3 is 1. The van der Waals surface area contributed by atoms with Gasteiger partial charge < -0.3 is 10.1 Å². The summed E-state index contributed by atoms with van der Waals surface area (Å²) in [6.45, 7) is 6.64. The number of thiazole rings is 1. The summed E-state index contributed by atoms with van der Waals surface area (Å²) in [5, 5.41) is 10.2. The van der Waals surface area contributed by atoms with E-state index in [2.05, 4.69) is 31.2 Å². The van der Waals surface area contributed by atoms with Crippen molar-refractivity contribution in [2.24, 2.45) is 0 Å². The first-order valence-electron chi connectivity index (χ1n) is 10.9. The van der Waals surface area contributed by atoms with Crippen molar-refractivity contribution >= 4 is 17.2 Å². The van der Waals surface area contributed by atoms with E-state index in [1.54, 1.807) is 25.4 Å². The zero-order valence-corrected chi connectivity index (χ0v) is 20.4. The lowest BCUT2D eigenvalue weighted by Crippen LogP contribution is -2.24. The molecule has 0 atom stereocenters. The highest BCUT2D eigenvalue weighted by Crippen LogP contribution is 2.36. The minimum Gasteiger partial charge on any atom is -0.497 e. The molecule has 4 aromatic rings. The van der Waals surface area contributed by atoms with Gasteiger partial charge in [-0.25, -0.2) is 9.37 Å². The highest BCUT2D eigenvalue weighted by atomic mass is 32.1. The Morgan fingerprint density at radius 3 is 2.47 bits per heavy atom. The highest BCUT2D eigenvalue weighted by Gasteiger charge is 2.24. The summed E-state index contributed by atoms with van der Waals surface area (Å²) >= 11 is 1.47. The van der Waals surface area contributed by atoms with Crippen LogP contribution >= 0.6 is 11.3 Å². The largest absolute Gasteiger partial charge is 0.497 e. The third-order valence-electron chi connectivity index (χ3n) is 5.29. The number of halogens is 1. The summed E-state index contributed by atoms with van der Waals surface area (Å²) in [7, 11) is 1.62. The Kier molecular flexibility index (Phi) is 6.79. The minimum atomic E-state index is -0.288.